The van der Waals surface area contributed by atoms with E-state index in [1.165, 1.54) is 7.11 Å². The number of hydrogen-bond donors (Lipinski definition) is 4. The highest BCUT2D eigenvalue weighted by Gasteiger charge is 2.61. The van der Waals surface area contributed by atoms with Crippen molar-refractivity contribution in [2.24, 2.45) is 0 Å². The normalized spacial score (nSPS) is 30.6. The highest BCUT2D eigenvalue weighted by atomic mass is 32.2. The van der Waals surface area contributed by atoms with Crippen LogP contribution in [0.1, 0.15) is 67.4 Å². The Morgan fingerprint density at radius 2 is 1.76 bits per heavy atom. The largest absolute Gasteiger partial charge is 0.504 e. The molecular weight excluding hydrogens is 674 g/mol. The van der Waals surface area contributed by atoms with Crippen LogP contribution in [0, 0.1) is 20.8 Å². The third-order valence-electron chi connectivity index (χ3n) is 12.4. The van der Waals surface area contributed by atoms with Gasteiger partial charge in [0.1, 0.15) is 12.8 Å². The zero-order valence-corrected chi connectivity index (χ0v) is 30.3. The smallest absolute Gasteiger partial charge is 0.331 e. The van der Waals surface area contributed by atoms with Gasteiger partial charge in [-0.05, 0) is 91.7 Å². The molecule has 2 saturated heterocycles. The van der Waals surface area contributed by atoms with Gasteiger partial charge in [-0.2, -0.15) is 0 Å². The first-order valence-electron chi connectivity index (χ1n) is 17.5. The molecule has 4 N–H and O–H groups in total. The SMILES string of the molecule is COc1cc2c(cc1O)CCN[C@]21CS[C@@H]2c3c(C)c(C)c4c(c3[C@@H](COC1=O)N1[C@@H]2[C@H]2c3c(cc(C)c(OC)c3O)C[C@@H]([C@@H]1O)N2C)OCO4. The summed E-state index contributed by atoms with van der Waals surface area (Å²) in [6.45, 7) is 6.62. The number of likely N-dealkylation sites (N-methyl/N-ethyl adjacent to an activating group) is 1. The van der Waals surface area contributed by atoms with E-state index in [2.05, 4.69) is 28.1 Å². The van der Waals surface area contributed by atoms with E-state index in [0.29, 0.717) is 36.6 Å². The number of phenolic OH excluding ortho intramolecular Hbond substituents is 2. The molecule has 1 spiro atoms. The highest BCUT2D eigenvalue weighted by molar-refractivity contribution is 7.99. The van der Waals surface area contributed by atoms with Gasteiger partial charge >= 0.3 is 5.97 Å². The highest BCUT2D eigenvalue weighted by Crippen LogP contribution is 2.63. The summed E-state index contributed by atoms with van der Waals surface area (Å²) in [6.07, 6.45) is 0.214. The minimum Gasteiger partial charge on any atom is -0.504 e. The number of hydrogen-bond acceptors (Lipinski definition) is 13. The van der Waals surface area contributed by atoms with Crippen molar-refractivity contribution in [2.75, 3.05) is 47.0 Å². The number of esters is 1. The lowest BCUT2D eigenvalue weighted by atomic mass is 9.72. The van der Waals surface area contributed by atoms with E-state index in [0.717, 1.165) is 50.1 Å². The van der Waals surface area contributed by atoms with Crippen molar-refractivity contribution >= 4 is 17.7 Å². The number of benzene rings is 3. The van der Waals surface area contributed by atoms with Crippen molar-refractivity contribution in [1.29, 1.82) is 0 Å². The summed E-state index contributed by atoms with van der Waals surface area (Å²) >= 11 is 1.63. The molecular formula is C38H43N3O9S. The number of nitrogens with one attached hydrogen (secondary N) is 1. The monoisotopic (exact) mass is 717 g/mol. The van der Waals surface area contributed by atoms with Gasteiger partial charge in [0.25, 0.3) is 0 Å². The Hall–Kier alpha value is -3.88. The molecule has 0 amide bonds. The molecule has 2 fully saturated rings. The fourth-order valence-corrected chi connectivity index (χ4v) is 11.7. The number of carbonyl (C=O) groups excluding carboxylic acids is 1. The van der Waals surface area contributed by atoms with Crippen molar-refractivity contribution in [3.63, 3.8) is 0 Å². The first-order chi connectivity index (χ1) is 24.5. The number of methoxy groups -OCH3 is 2. The summed E-state index contributed by atoms with van der Waals surface area (Å²) in [5.41, 5.74) is 6.95. The first kappa shape index (κ1) is 33.0. The molecule has 3 aromatic carbocycles. The number of ether oxygens (including phenoxy) is 5. The Morgan fingerprint density at radius 1 is 0.980 bits per heavy atom. The second kappa shape index (κ2) is 11.6. The lowest BCUT2D eigenvalue weighted by molar-refractivity contribution is -0.186. The molecule has 10 rings (SSSR count). The van der Waals surface area contributed by atoms with E-state index in [-0.39, 0.29) is 59.8 Å². The molecule has 7 atom stereocenters. The van der Waals surface area contributed by atoms with E-state index < -0.39 is 23.8 Å². The number of thioether (sulfide) groups is 1. The van der Waals surface area contributed by atoms with Crippen molar-refractivity contribution in [2.45, 2.75) is 74.8 Å². The van der Waals surface area contributed by atoms with Crippen LogP contribution in [0.4, 0.5) is 0 Å². The molecule has 7 aliphatic rings. The van der Waals surface area contributed by atoms with Crippen molar-refractivity contribution in [1.82, 2.24) is 15.1 Å². The minimum atomic E-state index is -1.24. The van der Waals surface area contributed by atoms with Gasteiger partial charge in [0, 0.05) is 34.7 Å². The Morgan fingerprint density at radius 3 is 2.53 bits per heavy atom. The maximum absolute atomic E-state index is 14.6. The molecule has 51 heavy (non-hydrogen) atoms. The van der Waals surface area contributed by atoms with Crippen molar-refractivity contribution < 1.29 is 43.8 Å². The van der Waals surface area contributed by atoms with Gasteiger partial charge in [-0.25, -0.2) is 4.79 Å². The van der Waals surface area contributed by atoms with E-state index in [1.54, 1.807) is 31.0 Å². The number of piperazine rings is 1. The lowest BCUT2D eigenvalue weighted by Crippen LogP contribution is -2.70. The molecule has 270 valence electrons. The van der Waals surface area contributed by atoms with Crippen LogP contribution >= 0.6 is 11.8 Å². The van der Waals surface area contributed by atoms with Crippen LogP contribution in [0.2, 0.25) is 0 Å². The number of phenols is 2. The molecule has 0 saturated carbocycles. The van der Waals surface area contributed by atoms with Gasteiger partial charge in [-0.1, -0.05) is 6.07 Å². The summed E-state index contributed by atoms with van der Waals surface area (Å²) in [4.78, 5) is 18.9. The predicted octanol–water partition coefficient (Wildman–Crippen LogP) is 3.80. The van der Waals surface area contributed by atoms with Crippen LogP contribution in [-0.4, -0.2) is 96.4 Å². The molecule has 0 aliphatic carbocycles. The standard InChI is InChI=1S/C38H43N3O9S/c1-16-9-20-10-22-36(44)41-23-13-48-37(45)38(21-12-25(46-5)24(42)11-19(21)7-8-39-38)14-51-35(26-17(2)18(3)33-34(28(23)26)50-15-49-33)30(41)29(40(22)4)27(20)31(43)32(16)47-6/h9,11-12,22-23,29-30,35-36,39,42-44H,7-8,10,13-15H2,1-6H3/t22-,23+,29+,30+,35+,36-,38+/m0/s1. The molecule has 12 nitrogen and oxygen atoms in total. The Kier molecular flexibility index (Phi) is 7.48. The van der Waals surface area contributed by atoms with Gasteiger partial charge in [0.05, 0.1) is 32.3 Å². The van der Waals surface area contributed by atoms with Crippen LogP contribution in [0.25, 0.3) is 0 Å². The number of fused-ring (bicyclic) bond motifs is 9. The molecule has 13 heteroatoms. The zero-order valence-electron chi connectivity index (χ0n) is 29.5. The zero-order chi connectivity index (χ0) is 35.7. The van der Waals surface area contributed by atoms with Crippen LogP contribution < -0.4 is 24.3 Å². The summed E-state index contributed by atoms with van der Waals surface area (Å²) in [6, 6.07) is 3.93. The van der Waals surface area contributed by atoms with E-state index in [4.69, 9.17) is 23.7 Å². The summed E-state index contributed by atoms with van der Waals surface area (Å²) in [7, 11) is 5.10. The summed E-state index contributed by atoms with van der Waals surface area (Å²) in [5, 5.41) is 38.4. The third kappa shape index (κ3) is 4.32. The quantitative estimate of drug-likeness (QED) is 0.286. The number of aliphatic hydroxyl groups excluding tert-OH is 1. The number of aromatic hydroxyl groups is 2. The number of nitrogens with zero attached hydrogens (tertiary/aromatic N) is 2. The fraction of sp³-hybridized carbons (Fsp3) is 0.500. The van der Waals surface area contributed by atoms with Crippen LogP contribution in [0.5, 0.6) is 34.5 Å². The van der Waals surface area contributed by atoms with Crippen LogP contribution in [0.15, 0.2) is 18.2 Å². The number of rotatable bonds is 2. The first-order valence-corrected chi connectivity index (χ1v) is 18.5. The predicted molar refractivity (Wildman–Crippen MR) is 188 cm³/mol. The Bertz CT molecular complexity index is 2010. The van der Waals surface area contributed by atoms with Gasteiger partial charge < -0.3 is 39.0 Å². The van der Waals surface area contributed by atoms with Crippen molar-refractivity contribution in [3.05, 3.63) is 68.3 Å². The van der Waals surface area contributed by atoms with Gasteiger partial charge in [-0.3, -0.25) is 15.1 Å². The second-order valence-electron chi connectivity index (χ2n) is 14.6. The topological polar surface area (TPSA) is 142 Å². The fourth-order valence-electron chi connectivity index (χ4n) is 9.95. The van der Waals surface area contributed by atoms with E-state index >= 15 is 0 Å². The van der Waals surface area contributed by atoms with E-state index in [1.807, 2.05) is 20.9 Å². The van der Waals surface area contributed by atoms with Crippen molar-refractivity contribution in [3.8, 4) is 34.5 Å². The van der Waals surface area contributed by atoms with E-state index in [9.17, 15) is 20.1 Å². The molecule has 7 heterocycles. The summed E-state index contributed by atoms with van der Waals surface area (Å²) < 4.78 is 30.0. The number of aliphatic hydroxyl groups is 1. The Balaban J connectivity index is 1.29. The molecule has 0 aromatic heterocycles. The average molecular weight is 718 g/mol. The maximum atomic E-state index is 14.6. The third-order valence-corrected chi connectivity index (χ3v) is 13.9. The van der Waals surface area contributed by atoms with Gasteiger partial charge in [0.2, 0.25) is 6.79 Å². The number of aryl methyl sites for hydroxylation is 1. The lowest BCUT2D eigenvalue weighted by Gasteiger charge is -2.62. The minimum absolute atomic E-state index is 0.0233. The molecule has 0 unspecified atom stereocenters. The van der Waals surface area contributed by atoms with Gasteiger partial charge in [0.15, 0.2) is 40.0 Å². The number of carbonyl (C=O) groups is 1. The van der Waals surface area contributed by atoms with Crippen LogP contribution in [-0.2, 0) is 27.9 Å². The molecule has 0 radical (unpaired) electrons. The molecule has 3 aromatic rings. The average Bonchev–Trinajstić information content (AvgIpc) is 3.60. The molecule has 4 bridgehead atoms. The summed E-state index contributed by atoms with van der Waals surface area (Å²) in [5.74, 6) is 2.03. The Labute approximate surface area is 300 Å². The maximum Gasteiger partial charge on any atom is 0.331 e. The second-order valence-corrected chi connectivity index (χ2v) is 15.8. The van der Waals surface area contributed by atoms with Crippen LogP contribution in [0.3, 0.4) is 0 Å². The van der Waals surface area contributed by atoms with Gasteiger partial charge in [-0.15, -0.1) is 11.8 Å². The molecule has 7 aliphatic heterocycles.